The number of carbonyl (C=O) groups is 1. The highest BCUT2D eigenvalue weighted by molar-refractivity contribution is 7.11. The van der Waals surface area contributed by atoms with Gasteiger partial charge < -0.3 is 15.0 Å². The number of ether oxygens (including phenoxy) is 1. The maximum absolute atomic E-state index is 12.4. The minimum absolute atomic E-state index is 0.0128. The van der Waals surface area contributed by atoms with Crippen molar-refractivity contribution in [3.63, 3.8) is 0 Å². The number of thiazole rings is 1. The highest BCUT2D eigenvalue weighted by Gasteiger charge is 2.24. The molecule has 0 bridgehead atoms. The summed E-state index contributed by atoms with van der Waals surface area (Å²) in [5.41, 5.74) is 2.00. The molecule has 2 aromatic heterocycles. The molecule has 0 spiro atoms. The molecule has 0 saturated carbocycles. The van der Waals surface area contributed by atoms with Gasteiger partial charge in [0.15, 0.2) is 0 Å². The molecule has 140 valence electrons. The van der Waals surface area contributed by atoms with Crippen LogP contribution in [0.3, 0.4) is 0 Å². The number of rotatable bonds is 6. The summed E-state index contributed by atoms with van der Waals surface area (Å²) in [5.74, 6) is 0. The smallest absolute Gasteiger partial charge is 0.317 e. The van der Waals surface area contributed by atoms with Gasteiger partial charge in [0.05, 0.1) is 29.1 Å². The highest BCUT2D eigenvalue weighted by atomic mass is 32.1. The Bertz CT molecular complexity index is 700. The second-order valence-electron chi connectivity index (χ2n) is 6.57. The summed E-state index contributed by atoms with van der Waals surface area (Å²) in [6.45, 7) is 6.62. The first kappa shape index (κ1) is 18.8. The molecule has 0 radical (unpaired) electrons. The molecule has 0 aromatic carbocycles. The molecule has 2 amide bonds. The zero-order valence-corrected chi connectivity index (χ0v) is 16.2. The Kier molecular flexibility index (Phi) is 6.57. The molecule has 6 nitrogen and oxygen atoms in total. The van der Waals surface area contributed by atoms with Crippen molar-refractivity contribution >= 4 is 17.4 Å². The molecule has 1 aliphatic rings. The molecular weight excluding hydrogens is 348 g/mol. The van der Waals surface area contributed by atoms with Crippen LogP contribution in [0.2, 0.25) is 0 Å². The zero-order chi connectivity index (χ0) is 18.4. The van der Waals surface area contributed by atoms with Crippen LogP contribution in [0.25, 0.3) is 0 Å². The molecule has 0 aliphatic carbocycles. The quantitative estimate of drug-likeness (QED) is 0.844. The van der Waals surface area contributed by atoms with Gasteiger partial charge in [-0.25, -0.2) is 9.78 Å². The van der Waals surface area contributed by atoms with Gasteiger partial charge in [-0.3, -0.25) is 4.98 Å². The molecule has 1 saturated heterocycles. The molecule has 3 rings (SSSR count). The van der Waals surface area contributed by atoms with Crippen LogP contribution in [-0.2, 0) is 17.8 Å². The lowest BCUT2D eigenvalue weighted by Crippen LogP contribution is -2.48. The number of aromatic nitrogens is 2. The van der Waals surface area contributed by atoms with E-state index in [1.54, 1.807) is 17.5 Å². The molecule has 3 heterocycles. The van der Waals surface area contributed by atoms with E-state index in [1.807, 2.05) is 30.0 Å². The van der Waals surface area contributed by atoms with Crippen molar-refractivity contribution < 1.29 is 9.53 Å². The summed E-state index contributed by atoms with van der Waals surface area (Å²) in [6.07, 6.45) is 4.56. The maximum atomic E-state index is 12.4. The van der Waals surface area contributed by atoms with Crippen LogP contribution in [0.15, 0.2) is 24.4 Å². The molecule has 1 aliphatic heterocycles. The Balaban J connectivity index is 1.41. The number of likely N-dealkylation sites (tertiary alicyclic amines) is 1. The second-order valence-corrected chi connectivity index (χ2v) is 7.86. The predicted molar refractivity (Wildman–Crippen MR) is 102 cm³/mol. The van der Waals surface area contributed by atoms with E-state index in [2.05, 4.69) is 22.2 Å². The fourth-order valence-corrected chi connectivity index (χ4v) is 3.91. The SMILES string of the molecule is Cc1nc(CCNC(=O)N2CCCC(OCc3ccccn3)C2)sc1C. The average molecular weight is 375 g/mol. The first-order valence-electron chi connectivity index (χ1n) is 9.09. The number of nitrogens with one attached hydrogen (secondary N) is 1. The van der Waals surface area contributed by atoms with E-state index in [0.717, 1.165) is 42.2 Å². The molecule has 7 heteroatoms. The monoisotopic (exact) mass is 374 g/mol. The Hall–Kier alpha value is -1.99. The van der Waals surface area contributed by atoms with Crippen molar-refractivity contribution in [1.29, 1.82) is 0 Å². The molecule has 1 unspecified atom stereocenters. The number of hydrogen-bond donors (Lipinski definition) is 1. The van der Waals surface area contributed by atoms with E-state index < -0.39 is 0 Å². The Morgan fingerprint density at radius 3 is 3.04 bits per heavy atom. The minimum atomic E-state index is -0.0128. The van der Waals surface area contributed by atoms with E-state index in [1.165, 1.54) is 4.88 Å². The van der Waals surface area contributed by atoms with E-state index in [4.69, 9.17) is 4.74 Å². The van der Waals surface area contributed by atoms with E-state index in [-0.39, 0.29) is 12.1 Å². The van der Waals surface area contributed by atoms with Gasteiger partial charge in [-0.2, -0.15) is 0 Å². The summed E-state index contributed by atoms with van der Waals surface area (Å²) in [6, 6.07) is 5.79. The maximum Gasteiger partial charge on any atom is 0.317 e. The summed E-state index contributed by atoms with van der Waals surface area (Å²) in [4.78, 5) is 24.3. The van der Waals surface area contributed by atoms with Crippen molar-refractivity contribution in [2.24, 2.45) is 0 Å². The lowest BCUT2D eigenvalue weighted by Gasteiger charge is -2.32. The molecule has 1 N–H and O–H groups in total. The fraction of sp³-hybridized carbons (Fsp3) is 0.526. The van der Waals surface area contributed by atoms with Crippen LogP contribution in [0.1, 0.15) is 34.1 Å². The molecule has 26 heavy (non-hydrogen) atoms. The largest absolute Gasteiger partial charge is 0.370 e. The first-order valence-corrected chi connectivity index (χ1v) is 9.90. The summed E-state index contributed by atoms with van der Waals surface area (Å²) < 4.78 is 5.95. The Morgan fingerprint density at radius 1 is 1.42 bits per heavy atom. The van der Waals surface area contributed by atoms with E-state index in [9.17, 15) is 4.79 Å². The van der Waals surface area contributed by atoms with Crippen LogP contribution in [0.5, 0.6) is 0 Å². The summed E-state index contributed by atoms with van der Waals surface area (Å²) in [7, 11) is 0. The number of aryl methyl sites for hydroxylation is 2. The van der Waals surface area contributed by atoms with Crippen molar-refractivity contribution in [3.8, 4) is 0 Å². The number of amides is 2. The Labute approximate surface area is 158 Å². The van der Waals surface area contributed by atoms with Crippen molar-refractivity contribution in [1.82, 2.24) is 20.2 Å². The fourth-order valence-electron chi connectivity index (χ4n) is 2.98. The van der Waals surface area contributed by atoms with Crippen LogP contribution in [-0.4, -0.2) is 46.6 Å². The van der Waals surface area contributed by atoms with Crippen LogP contribution in [0, 0.1) is 13.8 Å². The third-order valence-electron chi connectivity index (χ3n) is 4.55. The van der Waals surface area contributed by atoms with Gasteiger partial charge >= 0.3 is 6.03 Å². The average Bonchev–Trinajstić information content (AvgIpc) is 2.98. The lowest BCUT2D eigenvalue weighted by atomic mass is 10.1. The summed E-state index contributed by atoms with van der Waals surface area (Å²) in [5, 5.41) is 4.09. The Morgan fingerprint density at radius 2 is 2.31 bits per heavy atom. The normalized spacial score (nSPS) is 17.3. The van der Waals surface area contributed by atoms with Gasteiger partial charge in [0, 0.05) is 37.1 Å². The molecule has 2 aromatic rings. The van der Waals surface area contributed by atoms with E-state index >= 15 is 0 Å². The lowest BCUT2D eigenvalue weighted by molar-refractivity contribution is -0.00162. The number of piperidine rings is 1. The number of hydrogen-bond acceptors (Lipinski definition) is 5. The number of pyridine rings is 1. The van der Waals surface area contributed by atoms with Gasteiger partial charge in [-0.15, -0.1) is 11.3 Å². The molecule has 1 fully saturated rings. The van der Waals surface area contributed by atoms with Crippen LogP contribution in [0.4, 0.5) is 4.79 Å². The predicted octanol–water partition coefficient (Wildman–Crippen LogP) is 3.09. The topological polar surface area (TPSA) is 67.4 Å². The van der Waals surface area contributed by atoms with Gasteiger partial charge in [0.1, 0.15) is 0 Å². The highest BCUT2D eigenvalue weighted by Crippen LogP contribution is 2.17. The van der Waals surface area contributed by atoms with Crippen LogP contribution >= 0.6 is 11.3 Å². The van der Waals surface area contributed by atoms with E-state index in [0.29, 0.717) is 19.7 Å². The van der Waals surface area contributed by atoms with Crippen molar-refractivity contribution in [2.75, 3.05) is 19.6 Å². The third kappa shape index (κ3) is 5.25. The van der Waals surface area contributed by atoms with Crippen molar-refractivity contribution in [2.45, 2.75) is 45.8 Å². The number of urea groups is 1. The first-order chi connectivity index (χ1) is 12.6. The number of carbonyl (C=O) groups excluding carboxylic acids is 1. The van der Waals surface area contributed by atoms with Gasteiger partial charge in [-0.05, 0) is 38.8 Å². The minimum Gasteiger partial charge on any atom is -0.370 e. The standard InChI is InChI=1S/C19H26N4O2S/c1-14-15(2)26-18(22-14)8-10-21-19(24)23-11-5-7-17(12-23)25-13-16-6-3-4-9-20-16/h3-4,6,9,17H,5,7-8,10-13H2,1-2H3,(H,21,24). The van der Waals surface area contributed by atoms with Gasteiger partial charge in [0.2, 0.25) is 0 Å². The van der Waals surface area contributed by atoms with Gasteiger partial charge in [0.25, 0.3) is 0 Å². The zero-order valence-electron chi connectivity index (χ0n) is 15.4. The molecule has 1 atom stereocenters. The molecular formula is C19H26N4O2S. The van der Waals surface area contributed by atoms with Crippen LogP contribution < -0.4 is 5.32 Å². The summed E-state index contributed by atoms with van der Waals surface area (Å²) >= 11 is 1.70. The number of nitrogens with zero attached hydrogens (tertiary/aromatic N) is 3. The third-order valence-corrected chi connectivity index (χ3v) is 5.68. The second kappa shape index (κ2) is 9.09. The van der Waals surface area contributed by atoms with Gasteiger partial charge in [-0.1, -0.05) is 6.07 Å². The van der Waals surface area contributed by atoms with Crippen molar-refractivity contribution in [3.05, 3.63) is 45.7 Å².